The number of carbonyl (C=O) groups is 2. The van der Waals surface area contributed by atoms with Gasteiger partial charge < -0.3 is 14.8 Å². The number of carbonyl (C=O) groups excluding carboxylic acids is 2. The van der Waals surface area contributed by atoms with Crippen LogP contribution in [0.4, 0.5) is 10.1 Å². The molecular formula is C22H25FN2O6S. The molecule has 2 aromatic carbocycles. The molecule has 172 valence electrons. The van der Waals surface area contributed by atoms with E-state index >= 15 is 0 Å². The molecule has 0 radical (unpaired) electrons. The number of ether oxygens (including phenoxy) is 2. The molecule has 1 aliphatic rings. The van der Waals surface area contributed by atoms with Gasteiger partial charge in [0.15, 0.2) is 0 Å². The number of amides is 1. The summed E-state index contributed by atoms with van der Waals surface area (Å²) < 4.78 is 50.1. The van der Waals surface area contributed by atoms with Crippen molar-refractivity contribution in [2.24, 2.45) is 0 Å². The standard InChI is InChI=1S/C22H25FN2O6S/c1-4-31-21(27)22(11-12-22)15-5-8-17(9-6-15)24-20(26)14-25(2)32(28,29)19-13-16(23)7-10-18(19)30-3/h5-10,13H,4,11-12,14H2,1-3H3,(H,24,26). The Morgan fingerprint density at radius 2 is 1.81 bits per heavy atom. The summed E-state index contributed by atoms with van der Waals surface area (Å²) in [5.41, 5.74) is 0.649. The van der Waals surface area contributed by atoms with E-state index in [4.69, 9.17) is 9.47 Å². The largest absolute Gasteiger partial charge is 0.495 e. The first-order valence-corrected chi connectivity index (χ1v) is 11.5. The normalized spacial score (nSPS) is 14.7. The molecule has 1 amide bonds. The summed E-state index contributed by atoms with van der Waals surface area (Å²) in [6.07, 6.45) is 1.42. The van der Waals surface area contributed by atoms with Crippen LogP contribution in [0.25, 0.3) is 0 Å². The van der Waals surface area contributed by atoms with Crippen molar-refractivity contribution in [1.29, 1.82) is 0 Å². The number of benzene rings is 2. The van der Waals surface area contributed by atoms with Crippen LogP contribution in [0.5, 0.6) is 5.75 Å². The number of likely N-dealkylation sites (N-methyl/N-ethyl adjacent to an activating group) is 1. The zero-order valence-corrected chi connectivity index (χ0v) is 18.9. The molecule has 0 bridgehead atoms. The number of methoxy groups -OCH3 is 1. The van der Waals surface area contributed by atoms with Crippen LogP contribution in [-0.4, -0.2) is 51.9 Å². The molecule has 0 aliphatic heterocycles. The van der Waals surface area contributed by atoms with E-state index in [0.717, 1.165) is 22.0 Å². The number of sulfonamides is 1. The van der Waals surface area contributed by atoms with Gasteiger partial charge in [-0.05, 0) is 55.7 Å². The molecule has 0 spiro atoms. The van der Waals surface area contributed by atoms with Crippen molar-refractivity contribution in [3.8, 4) is 5.75 Å². The topological polar surface area (TPSA) is 102 Å². The smallest absolute Gasteiger partial charge is 0.316 e. The van der Waals surface area contributed by atoms with E-state index in [1.54, 1.807) is 31.2 Å². The number of anilines is 1. The first kappa shape index (κ1) is 23.7. The van der Waals surface area contributed by atoms with E-state index < -0.39 is 33.7 Å². The maximum Gasteiger partial charge on any atom is 0.316 e. The van der Waals surface area contributed by atoms with Crippen molar-refractivity contribution in [3.05, 3.63) is 53.8 Å². The minimum Gasteiger partial charge on any atom is -0.495 e. The number of nitrogens with one attached hydrogen (secondary N) is 1. The summed E-state index contributed by atoms with van der Waals surface area (Å²) in [5, 5.41) is 2.62. The summed E-state index contributed by atoms with van der Waals surface area (Å²) in [6.45, 7) is 1.58. The summed E-state index contributed by atoms with van der Waals surface area (Å²) in [7, 11) is -1.67. The molecule has 10 heteroatoms. The lowest BCUT2D eigenvalue weighted by Crippen LogP contribution is -2.35. The van der Waals surface area contributed by atoms with E-state index in [0.29, 0.717) is 25.1 Å². The molecule has 1 N–H and O–H groups in total. The van der Waals surface area contributed by atoms with Gasteiger partial charge in [0.25, 0.3) is 0 Å². The highest BCUT2D eigenvalue weighted by Crippen LogP contribution is 2.49. The Kier molecular flexibility index (Phi) is 6.85. The van der Waals surface area contributed by atoms with Crippen LogP contribution in [-0.2, 0) is 29.8 Å². The number of nitrogens with zero attached hydrogens (tertiary/aromatic N) is 1. The number of halogens is 1. The predicted octanol–water partition coefficient (Wildman–Crippen LogP) is 2.69. The van der Waals surface area contributed by atoms with Crippen LogP contribution in [0.15, 0.2) is 47.4 Å². The fourth-order valence-corrected chi connectivity index (χ4v) is 4.68. The van der Waals surface area contributed by atoms with Gasteiger partial charge in [-0.25, -0.2) is 12.8 Å². The minimum atomic E-state index is -4.17. The van der Waals surface area contributed by atoms with E-state index in [9.17, 15) is 22.4 Å². The molecule has 8 nitrogen and oxygen atoms in total. The van der Waals surface area contributed by atoms with Crippen LogP contribution in [0.1, 0.15) is 25.3 Å². The maximum atomic E-state index is 13.6. The molecule has 1 fully saturated rings. The Labute approximate surface area is 186 Å². The number of hydrogen-bond donors (Lipinski definition) is 1. The second-order valence-electron chi connectivity index (χ2n) is 7.48. The van der Waals surface area contributed by atoms with Gasteiger partial charge >= 0.3 is 5.97 Å². The van der Waals surface area contributed by atoms with Crippen molar-refractivity contribution in [1.82, 2.24) is 4.31 Å². The van der Waals surface area contributed by atoms with Crippen molar-refractivity contribution >= 4 is 27.6 Å². The van der Waals surface area contributed by atoms with Gasteiger partial charge in [0.2, 0.25) is 15.9 Å². The number of rotatable bonds is 9. The minimum absolute atomic E-state index is 0.0233. The Hall–Kier alpha value is -2.98. The highest BCUT2D eigenvalue weighted by atomic mass is 32.2. The van der Waals surface area contributed by atoms with Crippen LogP contribution >= 0.6 is 0 Å². The lowest BCUT2D eigenvalue weighted by Gasteiger charge is -2.19. The first-order chi connectivity index (χ1) is 15.1. The zero-order chi connectivity index (χ0) is 23.5. The monoisotopic (exact) mass is 464 g/mol. The van der Waals surface area contributed by atoms with Gasteiger partial charge in [-0.15, -0.1) is 0 Å². The van der Waals surface area contributed by atoms with E-state index in [1.165, 1.54) is 20.2 Å². The Bertz CT molecular complexity index is 1110. The molecule has 1 aliphatic carbocycles. The lowest BCUT2D eigenvalue weighted by atomic mass is 9.96. The predicted molar refractivity (Wildman–Crippen MR) is 115 cm³/mol. The molecule has 0 aromatic heterocycles. The van der Waals surface area contributed by atoms with Crippen molar-refractivity contribution in [3.63, 3.8) is 0 Å². The average Bonchev–Trinajstić information content (AvgIpc) is 3.56. The summed E-state index contributed by atoms with van der Waals surface area (Å²) >= 11 is 0. The van der Waals surface area contributed by atoms with Gasteiger partial charge in [0, 0.05) is 12.7 Å². The second kappa shape index (κ2) is 9.25. The Morgan fingerprint density at radius 1 is 1.16 bits per heavy atom. The lowest BCUT2D eigenvalue weighted by molar-refractivity contribution is -0.146. The van der Waals surface area contributed by atoms with E-state index in [-0.39, 0.29) is 16.6 Å². The summed E-state index contributed by atoms with van der Waals surface area (Å²) in [6, 6.07) is 9.93. The van der Waals surface area contributed by atoms with Crippen LogP contribution in [0.2, 0.25) is 0 Å². The average molecular weight is 465 g/mol. The second-order valence-corrected chi connectivity index (χ2v) is 9.50. The van der Waals surface area contributed by atoms with Gasteiger partial charge in [0.1, 0.15) is 16.5 Å². The maximum absolute atomic E-state index is 13.6. The third-order valence-corrected chi connectivity index (χ3v) is 7.14. The molecule has 0 heterocycles. The molecular weight excluding hydrogens is 439 g/mol. The molecule has 0 atom stereocenters. The molecule has 0 unspecified atom stereocenters. The fourth-order valence-electron chi connectivity index (χ4n) is 3.39. The highest BCUT2D eigenvalue weighted by Gasteiger charge is 2.52. The van der Waals surface area contributed by atoms with Gasteiger partial charge in [-0.3, -0.25) is 9.59 Å². The van der Waals surface area contributed by atoms with Crippen molar-refractivity contribution in [2.75, 3.05) is 32.6 Å². The quantitative estimate of drug-likeness (QED) is 0.573. The molecule has 1 saturated carbocycles. The van der Waals surface area contributed by atoms with Crippen LogP contribution in [0, 0.1) is 5.82 Å². The first-order valence-electron chi connectivity index (χ1n) is 10.0. The Balaban J connectivity index is 1.67. The highest BCUT2D eigenvalue weighted by molar-refractivity contribution is 7.89. The molecule has 2 aromatic rings. The summed E-state index contributed by atoms with van der Waals surface area (Å²) in [4.78, 5) is 24.2. The third-order valence-electron chi connectivity index (χ3n) is 5.32. The zero-order valence-electron chi connectivity index (χ0n) is 18.1. The van der Waals surface area contributed by atoms with Gasteiger partial charge in [0.05, 0.1) is 25.7 Å². The SMILES string of the molecule is CCOC(=O)C1(c2ccc(NC(=O)CN(C)S(=O)(=O)c3cc(F)ccc3OC)cc2)CC1. The van der Waals surface area contributed by atoms with E-state index in [1.807, 2.05) is 0 Å². The van der Waals surface area contributed by atoms with Gasteiger partial charge in [-0.2, -0.15) is 4.31 Å². The number of esters is 1. The van der Waals surface area contributed by atoms with Crippen LogP contribution in [0.3, 0.4) is 0 Å². The fraction of sp³-hybridized carbons (Fsp3) is 0.364. The summed E-state index contributed by atoms with van der Waals surface area (Å²) in [5.74, 6) is -1.59. The Morgan fingerprint density at radius 3 is 2.38 bits per heavy atom. The van der Waals surface area contributed by atoms with Crippen molar-refractivity contribution < 1.29 is 31.9 Å². The van der Waals surface area contributed by atoms with Crippen LogP contribution < -0.4 is 10.1 Å². The number of hydrogen-bond acceptors (Lipinski definition) is 6. The van der Waals surface area contributed by atoms with Gasteiger partial charge in [-0.1, -0.05) is 12.1 Å². The molecule has 32 heavy (non-hydrogen) atoms. The molecule has 3 rings (SSSR count). The molecule has 0 saturated heterocycles. The van der Waals surface area contributed by atoms with Crippen molar-refractivity contribution in [2.45, 2.75) is 30.1 Å². The van der Waals surface area contributed by atoms with E-state index in [2.05, 4.69) is 5.32 Å². The third kappa shape index (κ3) is 4.76.